The molecule has 0 aliphatic heterocycles. The number of sulfonamides is 1. The van der Waals surface area contributed by atoms with Gasteiger partial charge in [-0.05, 0) is 71.1 Å². The zero-order valence-electron chi connectivity index (χ0n) is 17.9. The summed E-state index contributed by atoms with van der Waals surface area (Å²) in [6.45, 7) is 1.90. The van der Waals surface area contributed by atoms with E-state index in [4.69, 9.17) is 4.74 Å². The van der Waals surface area contributed by atoms with Crippen LogP contribution in [-0.2, 0) is 10.0 Å². The lowest BCUT2D eigenvalue weighted by Gasteiger charge is -2.11. The Labute approximate surface area is 199 Å². The fourth-order valence-corrected chi connectivity index (χ4v) is 5.02. The van der Waals surface area contributed by atoms with E-state index in [0.717, 1.165) is 23.4 Å². The van der Waals surface area contributed by atoms with Crippen LogP contribution >= 0.6 is 11.8 Å². The average molecular weight is 499 g/mol. The van der Waals surface area contributed by atoms with Crippen LogP contribution in [0, 0.1) is 17.0 Å². The Morgan fingerprint density at radius 2 is 1.85 bits per heavy atom. The summed E-state index contributed by atoms with van der Waals surface area (Å²) in [5, 5.41) is 23.7. The van der Waals surface area contributed by atoms with Crippen molar-refractivity contribution in [1.29, 1.82) is 0 Å². The van der Waals surface area contributed by atoms with Gasteiger partial charge in [0.05, 0.1) is 21.8 Å². The Bertz CT molecular complexity index is 1460. The van der Waals surface area contributed by atoms with Crippen molar-refractivity contribution in [2.24, 2.45) is 0 Å². The van der Waals surface area contributed by atoms with E-state index in [0.29, 0.717) is 17.1 Å². The monoisotopic (exact) mass is 498 g/mol. The predicted molar refractivity (Wildman–Crippen MR) is 125 cm³/mol. The molecule has 3 aromatic carbocycles. The third-order valence-electron chi connectivity index (χ3n) is 4.67. The van der Waals surface area contributed by atoms with Gasteiger partial charge < -0.3 is 4.74 Å². The predicted octanol–water partition coefficient (Wildman–Crippen LogP) is 3.84. The van der Waals surface area contributed by atoms with Gasteiger partial charge in [0.1, 0.15) is 11.4 Å². The van der Waals surface area contributed by atoms with Crippen LogP contribution in [0.25, 0.3) is 5.69 Å². The van der Waals surface area contributed by atoms with Crippen LogP contribution in [-0.4, -0.2) is 40.7 Å². The molecule has 11 nitrogen and oxygen atoms in total. The highest BCUT2D eigenvalue weighted by molar-refractivity contribution is 7.99. The maximum Gasteiger partial charge on any atom is 0.284 e. The maximum absolute atomic E-state index is 12.8. The molecular formula is C21H18N6O5S2. The number of nitrogens with one attached hydrogen (secondary N) is 1. The third kappa shape index (κ3) is 4.84. The summed E-state index contributed by atoms with van der Waals surface area (Å²) >= 11 is 0.933. The van der Waals surface area contributed by atoms with Crippen molar-refractivity contribution in [3.63, 3.8) is 0 Å². The molecule has 13 heteroatoms. The molecule has 4 aromatic rings. The van der Waals surface area contributed by atoms with Gasteiger partial charge in [-0.3, -0.25) is 14.8 Å². The number of nitro groups is 1. The minimum Gasteiger partial charge on any atom is -0.494 e. The third-order valence-corrected chi connectivity index (χ3v) is 7.05. The number of aromatic nitrogens is 4. The number of methoxy groups -OCH3 is 1. The van der Waals surface area contributed by atoms with Crippen molar-refractivity contribution in [1.82, 2.24) is 20.2 Å². The zero-order chi connectivity index (χ0) is 24.3. The molecule has 174 valence electrons. The van der Waals surface area contributed by atoms with Crippen LogP contribution in [0.1, 0.15) is 5.56 Å². The lowest BCUT2D eigenvalue weighted by atomic mass is 10.2. The smallest absolute Gasteiger partial charge is 0.284 e. The first kappa shape index (κ1) is 23.2. The summed E-state index contributed by atoms with van der Waals surface area (Å²) in [7, 11) is -2.53. The first-order chi connectivity index (χ1) is 16.3. The van der Waals surface area contributed by atoms with E-state index in [2.05, 4.69) is 20.2 Å². The number of nitrogens with zero attached hydrogens (tertiary/aromatic N) is 5. The van der Waals surface area contributed by atoms with Gasteiger partial charge in [0.25, 0.3) is 15.7 Å². The summed E-state index contributed by atoms with van der Waals surface area (Å²) in [6.07, 6.45) is 0. The summed E-state index contributed by atoms with van der Waals surface area (Å²) in [4.78, 5) is 11.1. The summed E-state index contributed by atoms with van der Waals surface area (Å²) in [6, 6.07) is 17.4. The molecular weight excluding hydrogens is 480 g/mol. The summed E-state index contributed by atoms with van der Waals surface area (Å²) < 4.78 is 34.7. The average Bonchev–Trinajstić information content (AvgIpc) is 3.27. The highest BCUT2D eigenvalue weighted by Gasteiger charge is 2.24. The number of tetrazole rings is 1. The quantitative estimate of drug-likeness (QED) is 0.283. The van der Waals surface area contributed by atoms with Crippen LogP contribution in [0.2, 0.25) is 0 Å². The number of hydrogen-bond donors (Lipinski definition) is 1. The molecule has 1 heterocycles. The Balaban J connectivity index is 1.69. The molecule has 4 rings (SSSR count). The van der Waals surface area contributed by atoms with Gasteiger partial charge in [0, 0.05) is 11.8 Å². The second kappa shape index (κ2) is 9.49. The fourth-order valence-electron chi connectivity index (χ4n) is 3.07. The number of anilines is 1. The van der Waals surface area contributed by atoms with Crippen LogP contribution < -0.4 is 9.46 Å². The van der Waals surface area contributed by atoms with Crippen LogP contribution in [0.5, 0.6) is 5.75 Å². The first-order valence-corrected chi connectivity index (χ1v) is 12.1. The molecule has 0 unspecified atom stereocenters. The first-order valence-electron chi connectivity index (χ1n) is 9.76. The molecule has 0 bridgehead atoms. The molecule has 34 heavy (non-hydrogen) atoms. The molecule has 0 aliphatic carbocycles. The molecule has 0 saturated carbocycles. The summed E-state index contributed by atoms with van der Waals surface area (Å²) in [5.74, 6) is 0.516. The lowest BCUT2D eigenvalue weighted by molar-refractivity contribution is -0.388. The Kier molecular flexibility index (Phi) is 6.47. The fraction of sp³-hybridized carbons (Fsp3) is 0.0952. The van der Waals surface area contributed by atoms with Crippen molar-refractivity contribution < 1.29 is 18.1 Å². The number of ether oxygens (including phenoxy) is 1. The van der Waals surface area contributed by atoms with Gasteiger partial charge >= 0.3 is 0 Å². The van der Waals surface area contributed by atoms with Crippen molar-refractivity contribution in [2.75, 3.05) is 11.8 Å². The molecule has 1 aromatic heterocycles. The number of hydrogen-bond acceptors (Lipinski definition) is 9. The topological polar surface area (TPSA) is 142 Å². The lowest BCUT2D eigenvalue weighted by Crippen LogP contribution is -2.13. The van der Waals surface area contributed by atoms with E-state index >= 15 is 0 Å². The van der Waals surface area contributed by atoms with E-state index in [-0.39, 0.29) is 14.9 Å². The van der Waals surface area contributed by atoms with Gasteiger partial charge in [-0.15, -0.1) is 5.10 Å². The minimum absolute atomic E-state index is 0.173. The van der Waals surface area contributed by atoms with Crippen LogP contribution in [0.3, 0.4) is 0 Å². The highest BCUT2D eigenvalue weighted by atomic mass is 32.2. The molecule has 0 atom stereocenters. The second-order valence-corrected chi connectivity index (χ2v) is 9.70. The van der Waals surface area contributed by atoms with Gasteiger partial charge in [-0.25, -0.2) is 8.42 Å². The maximum atomic E-state index is 12.8. The van der Waals surface area contributed by atoms with Gasteiger partial charge in [0.2, 0.25) is 5.16 Å². The Morgan fingerprint density at radius 3 is 2.56 bits per heavy atom. The van der Waals surface area contributed by atoms with Crippen molar-refractivity contribution in [2.45, 2.75) is 21.9 Å². The largest absolute Gasteiger partial charge is 0.494 e. The van der Waals surface area contributed by atoms with E-state index < -0.39 is 20.6 Å². The molecule has 0 amide bonds. The minimum atomic E-state index is -4.04. The zero-order valence-corrected chi connectivity index (χ0v) is 19.6. The molecule has 0 saturated heterocycles. The van der Waals surface area contributed by atoms with E-state index in [1.54, 1.807) is 36.4 Å². The Morgan fingerprint density at radius 1 is 1.09 bits per heavy atom. The highest BCUT2D eigenvalue weighted by Crippen LogP contribution is 2.37. The SMILES string of the molecule is COc1ccc(C)cc1-n1nnnc1Sc1ccc(S(=O)(=O)Nc2ccccc2)cc1[N+](=O)[O-]. The standard InChI is InChI=1S/C21H18N6O5S2/c1-14-8-10-19(32-2)17(12-14)26-21(22-24-25-26)33-20-11-9-16(13-18(20)27(28)29)34(30,31)23-15-6-4-3-5-7-15/h3-13,23H,1-2H3. The Hall–Kier alpha value is -3.97. The van der Waals surface area contributed by atoms with Crippen LogP contribution in [0.15, 0.2) is 81.7 Å². The van der Waals surface area contributed by atoms with Crippen molar-refractivity contribution >= 4 is 33.2 Å². The molecule has 1 N–H and O–H groups in total. The number of nitro benzene ring substituents is 1. The van der Waals surface area contributed by atoms with Gasteiger partial charge in [0.15, 0.2) is 0 Å². The number of para-hydroxylation sites is 1. The number of aryl methyl sites for hydroxylation is 1. The van der Waals surface area contributed by atoms with Crippen molar-refractivity contribution in [3.8, 4) is 11.4 Å². The van der Waals surface area contributed by atoms with Crippen LogP contribution in [0.4, 0.5) is 11.4 Å². The van der Waals surface area contributed by atoms with Gasteiger partial charge in [-0.2, -0.15) is 4.68 Å². The normalized spacial score (nSPS) is 11.2. The van der Waals surface area contributed by atoms with E-state index in [9.17, 15) is 18.5 Å². The number of rotatable bonds is 8. The number of benzene rings is 3. The summed E-state index contributed by atoms with van der Waals surface area (Å²) in [5.41, 5.74) is 1.44. The molecule has 0 aliphatic rings. The molecule has 0 spiro atoms. The van der Waals surface area contributed by atoms with E-state index in [1.807, 2.05) is 19.1 Å². The molecule has 0 radical (unpaired) electrons. The van der Waals surface area contributed by atoms with Gasteiger partial charge in [-0.1, -0.05) is 24.3 Å². The van der Waals surface area contributed by atoms with Crippen molar-refractivity contribution in [3.05, 3.63) is 82.4 Å². The molecule has 0 fully saturated rings. The van der Waals surface area contributed by atoms with E-state index in [1.165, 1.54) is 23.9 Å². The second-order valence-electron chi connectivity index (χ2n) is 7.01.